The number of nitrogens with zero attached hydrogens (tertiary/aromatic N) is 2. The number of halogens is 1. The maximum absolute atomic E-state index is 14.4. The van der Waals surface area contributed by atoms with Gasteiger partial charge < -0.3 is 20.5 Å². The van der Waals surface area contributed by atoms with E-state index in [4.69, 9.17) is 4.74 Å². The van der Waals surface area contributed by atoms with Gasteiger partial charge >= 0.3 is 5.97 Å². The number of amides is 1. The first kappa shape index (κ1) is 20.1. The Bertz CT molecular complexity index is 1170. The quantitative estimate of drug-likeness (QED) is 0.560. The molecule has 4 rings (SSSR count). The lowest BCUT2D eigenvalue weighted by Crippen LogP contribution is -2.26. The number of aromatic nitrogens is 2. The third-order valence-electron chi connectivity index (χ3n) is 4.76. The number of hydrogen-bond donors (Lipinski definition) is 3. The van der Waals surface area contributed by atoms with E-state index in [2.05, 4.69) is 15.7 Å². The number of rotatable bonds is 6. The molecule has 1 unspecified atom stereocenters. The average molecular weight is 422 g/mol. The molecule has 3 N–H and O–H groups in total. The average Bonchev–Trinajstić information content (AvgIpc) is 3.19. The maximum atomic E-state index is 14.4. The van der Waals surface area contributed by atoms with E-state index in [1.165, 1.54) is 23.0 Å². The summed E-state index contributed by atoms with van der Waals surface area (Å²) in [6, 6.07) is 12.0. The summed E-state index contributed by atoms with van der Waals surface area (Å²) in [6.45, 7) is 2.41. The van der Waals surface area contributed by atoms with Crippen molar-refractivity contribution < 1.29 is 23.8 Å². The second-order valence-corrected chi connectivity index (χ2v) is 6.74. The molecule has 9 heteroatoms. The largest absolute Gasteiger partial charge is 0.494 e. The summed E-state index contributed by atoms with van der Waals surface area (Å²) < 4.78 is 21.2. The van der Waals surface area contributed by atoms with Gasteiger partial charge in [-0.2, -0.15) is 5.10 Å². The number of aliphatic carboxylic acids is 1. The van der Waals surface area contributed by atoms with Crippen molar-refractivity contribution in [2.75, 3.05) is 17.2 Å². The highest BCUT2D eigenvalue weighted by molar-refractivity contribution is 6.08. The lowest BCUT2D eigenvalue weighted by Gasteiger charge is -2.24. The molecular formula is C22H19FN4O4. The van der Waals surface area contributed by atoms with Gasteiger partial charge in [-0.25, -0.2) is 13.9 Å². The van der Waals surface area contributed by atoms with Crippen LogP contribution < -0.4 is 15.4 Å². The van der Waals surface area contributed by atoms with Gasteiger partial charge in [-0.05, 0) is 43.3 Å². The minimum absolute atomic E-state index is 0.127. The summed E-state index contributed by atoms with van der Waals surface area (Å²) in [4.78, 5) is 24.5. The van der Waals surface area contributed by atoms with Gasteiger partial charge in [-0.1, -0.05) is 18.2 Å². The molecule has 8 nitrogen and oxygen atoms in total. The lowest BCUT2D eigenvalue weighted by atomic mass is 10.0. The summed E-state index contributed by atoms with van der Waals surface area (Å²) in [7, 11) is 0. The number of carboxylic acids is 1. The number of nitrogens with one attached hydrogen (secondary N) is 2. The number of carboxylic acid groups (broad SMARTS) is 1. The van der Waals surface area contributed by atoms with Crippen molar-refractivity contribution in [3.8, 4) is 5.75 Å². The number of benzene rings is 2. The highest BCUT2D eigenvalue weighted by Gasteiger charge is 2.30. The van der Waals surface area contributed by atoms with Gasteiger partial charge in [0.2, 0.25) is 0 Å². The van der Waals surface area contributed by atoms with Crippen molar-refractivity contribution in [1.29, 1.82) is 0 Å². The Morgan fingerprint density at radius 2 is 1.97 bits per heavy atom. The van der Waals surface area contributed by atoms with E-state index in [1.54, 1.807) is 42.5 Å². The minimum Gasteiger partial charge on any atom is -0.494 e. The smallest absolute Gasteiger partial charge is 0.352 e. The number of allylic oxidation sites excluding steroid dienone is 1. The van der Waals surface area contributed by atoms with Crippen LogP contribution in [0.25, 0.3) is 0 Å². The SMILES string of the molecule is CCOc1ccc(NC(=O)c2cnn3c2NC(C(=O)O)=CC3c2ccccc2F)cc1. The van der Waals surface area contributed by atoms with Crippen LogP contribution in [0.1, 0.15) is 28.9 Å². The molecule has 0 fully saturated rings. The predicted octanol–water partition coefficient (Wildman–Crippen LogP) is 3.66. The Kier molecular flexibility index (Phi) is 5.40. The summed E-state index contributed by atoms with van der Waals surface area (Å²) in [5.74, 6) is -1.38. The Morgan fingerprint density at radius 3 is 2.65 bits per heavy atom. The van der Waals surface area contributed by atoms with Crippen LogP contribution in [-0.2, 0) is 4.79 Å². The summed E-state index contributed by atoms with van der Waals surface area (Å²) in [6.07, 6.45) is 2.67. The maximum Gasteiger partial charge on any atom is 0.352 e. The molecule has 0 saturated heterocycles. The molecule has 31 heavy (non-hydrogen) atoms. The van der Waals surface area contributed by atoms with Crippen molar-refractivity contribution in [3.05, 3.63) is 83.4 Å². The first-order chi connectivity index (χ1) is 15.0. The topological polar surface area (TPSA) is 105 Å². The first-order valence-electron chi connectivity index (χ1n) is 9.56. The number of carbonyl (C=O) groups is 2. The number of anilines is 2. The van der Waals surface area contributed by atoms with Crippen molar-refractivity contribution in [1.82, 2.24) is 9.78 Å². The summed E-state index contributed by atoms with van der Waals surface area (Å²) >= 11 is 0. The Labute approximate surface area is 177 Å². The normalized spacial score (nSPS) is 14.8. The van der Waals surface area contributed by atoms with Crippen LogP contribution in [0.2, 0.25) is 0 Å². The molecule has 158 valence electrons. The zero-order valence-electron chi connectivity index (χ0n) is 16.5. The van der Waals surface area contributed by atoms with Gasteiger partial charge in [0, 0.05) is 11.3 Å². The van der Waals surface area contributed by atoms with Gasteiger partial charge in [0.1, 0.15) is 34.7 Å². The summed E-state index contributed by atoms with van der Waals surface area (Å²) in [5, 5.41) is 19.2. The van der Waals surface area contributed by atoms with Crippen LogP contribution in [0.3, 0.4) is 0 Å². The molecule has 0 aliphatic carbocycles. The third kappa shape index (κ3) is 3.97. The van der Waals surface area contributed by atoms with E-state index in [-0.39, 0.29) is 22.6 Å². The van der Waals surface area contributed by atoms with E-state index in [1.807, 2.05) is 6.92 Å². The number of hydrogen-bond acceptors (Lipinski definition) is 5. The van der Waals surface area contributed by atoms with Gasteiger partial charge in [0.05, 0.1) is 12.8 Å². The van der Waals surface area contributed by atoms with Gasteiger partial charge in [0.15, 0.2) is 0 Å². The van der Waals surface area contributed by atoms with Crippen molar-refractivity contribution >= 4 is 23.4 Å². The van der Waals surface area contributed by atoms with Crippen molar-refractivity contribution in [2.45, 2.75) is 13.0 Å². The van der Waals surface area contributed by atoms with E-state index >= 15 is 0 Å². The molecule has 1 atom stereocenters. The first-order valence-corrected chi connectivity index (χ1v) is 9.56. The van der Waals surface area contributed by atoms with Crippen LogP contribution in [0.4, 0.5) is 15.9 Å². The van der Waals surface area contributed by atoms with Crippen LogP contribution in [0.15, 0.2) is 66.5 Å². The highest BCUT2D eigenvalue weighted by Crippen LogP contribution is 2.33. The van der Waals surface area contributed by atoms with Crippen LogP contribution in [0, 0.1) is 5.82 Å². The van der Waals surface area contributed by atoms with E-state index in [0.29, 0.717) is 18.0 Å². The Hall–Kier alpha value is -4.14. The van der Waals surface area contributed by atoms with Gasteiger partial charge in [-0.15, -0.1) is 0 Å². The van der Waals surface area contributed by atoms with E-state index in [0.717, 1.165) is 0 Å². The lowest BCUT2D eigenvalue weighted by molar-refractivity contribution is -0.132. The number of ether oxygens (including phenoxy) is 1. The molecule has 0 saturated carbocycles. The standard InChI is InChI=1S/C22H19FN4O4/c1-2-31-14-9-7-13(8-10-14)25-21(28)16-12-24-27-19(15-5-3-4-6-17(15)23)11-18(22(29)30)26-20(16)27/h3-12,19,26H,2H2,1H3,(H,25,28)(H,29,30). The fraction of sp³-hybridized carbons (Fsp3) is 0.136. The van der Waals surface area contributed by atoms with Crippen molar-refractivity contribution in [3.63, 3.8) is 0 Å². The van der Waals surface area contributed by atoms with Crippen LogP contribution in [0.5, 0.6) is 5.75 Å². The molecule has 1 amide bonds. The Balaban J connectivity index is 1.66. The highest BCUT2D eigenvalue weighted by atomic mass is 19.1. The number of carbonyl (C=O) groups excluding carboxylic acids is 1. The van der Waals surface area contributed by atoms with Crippen LogP contribution in [-0.4, -0.2) is 33.4 Å². The molecule has 1 aliphatic heterocycles. The van der Waals surface area contributed by atoms with Gasteiger partial charge in [-0.3, -0.25) is 4.79 Å². The van der Waals surface area contributed by atoms with E-state index < -0.39 is 23.7 Å². The molecule has 1 aliphatic rings. The monoisotopic (exact) mass is 422 g/mol. The second-order valence-electron chi connectivity index (χ2n) is 6.74. The number of fused-ring (bicyclic) bond motifs is 1. The molecule has 1 aromatic heterocycles. The molecule has 2 aromatic carbocycles. The van der Waals surface area contributed by atoms with Crippen molar-refractivity contribution in [2.24, 2.45) is 0 Å². The zero-order valence-corrected chi connectivity index (χ0v) is 16.5. The molecule has 2 heterocycles. The third-order valence-corrected chi connectivity index (χ3v) is 4.76. The molecular weight excluding hydrogens is 403 g/mol. The fourth-order valence-corrected chi connectivity index (χ4v) is 3.32. The molecule has 0 radical (unpaired) electrons. The molecule has 0 bridgehead atoms. The van der Waals surface area contributed by atoms with Crippen LogP contribution >= 0.6 is 0 Å². The Morgan fingerprint density at radius 1 is 1.23 bits per heavy atom. The predicted molar refractivity (Wildman–Crippen MR) is 112 cm³/mol. The molecule has 3 aromatic rings. The van der Waals surface area contributed by atoms with E-state index in [9.17, 15) is 19.1 Å². The zero-order chi connectivity index (χ0) is 22.0. The van der Waals surface area contributed by atoms with Gasteiger partial charge in [0.25, 0.3) is 5.91 Å². The fourth-order valence-electron chi connectivity index (χ4n) is 3.32. The minimum atomic E-state index is -1.23. The molecule has 0 spiro atoms. The summed E-state index contributed by atoms with van der Waals surface area (Å²) in [5.41, 5.74) is 0.730. The second kappa shape index (κ2) is 8.31.